The monoisotopic (exact) mass is 211 g/mol. The lowest BCUT2D eigenvalue weighted by atomic mass is 10.5. The van der Waals surface area contributed by atoms with E-state index in [1.165, 1.54) is 11.8 Å². The number of carbonyl (C=O) groups excluding carboxylic acids is 1. The van der Waals surface area contributed by atoms with Gasteiger partial charge < -0.3 is 4.57 Å². The first kappa shape index (κ1) is 11.0. The molecular formula is C9H13N3OS. The van der Waals surface area contributed by atoms with E-state index >= 15 is 0 Å². The van der Waals surface area contributed by atoms with Crippen molar-refractivity contribution in [1.82, 2.24) is 14.8 Å². The molecular weight excluding hydrogens is 198 g/mol. The Kier molecular flexibility index (Phi) is 3.88. The second kappa shape index (κ2) is 4.95. The summed E-state index contributed by atoms with van der Waals surface area (Å²) in [5, 5.41) is 8.70. The maximum Gasteiger partial charge on any atom is 0.191 e. The van der Waals surface area contributed by atoms with Crippen LogP contribution < -0.4 is 0 Å². The minimum absolute atomic E-state index is 0.140. The van der Waals surface area contributed by atoms with Crippen molar-refractivity contribution < 1.29 is 4.79 Å². The van der Waals surface area contributed by atoms with Gasteiger partial charge in [0.25, 0.3) is 0 Å². The molecule has 14 heavy (non-hydrogen) atoms. The van der Waals surface area contributed by atoms with E-state index in [4.69, 9.17) is 0 Å². The van der Waals surface area contributed by atoms with Gasteiger partial charge in [-0.15, -0.1) is 16.8 Å². The highest BCUT2D eigenvalue weighted by molar-refractivity contribution is 7.99. The van der Waals surface area contributed by atoms with Crippen LogP contribution in [0.5, 0.6) is 0 Å². The topological polar surface area (TPSA) is 47.8 Å². The van der Waals surface area contributed by atoms with Gasteiger partial charge in [0.05, 0.1) is 5.75 Å². The summed E-state index contributed by atoms with van der Waals surface area (Å²) in [5.74, 6) is 1.42. The SMILES string of the molecule is C=CCn1c(C)nnc1SCC(C)=O. The second-order valence-corrected chi connectivity index (χ2v) is 3.86. The summed E-state index contributed by atoms with van der Waals surface area (Å²) in [5.41, 5.74) is 0. The van der Waals surface area contributed by atoms with Crippen LogP contribution in [0.25, 0.3) is 0 Å². The molecule has 4 nitrogen and oxygen atoms in total. The van der Waals surface area contributed by atoms with Gasteiger partial charge in [0.15, 0.2) is 5.16 Å². The summed E-state index contributed by atoms with van der Waals surface area (Å²) >= 11 is 1.41. The van der Waals surface area contributed by atoms with Crippen LogP contribution in [0.2, 0.25) is 0 Å². The summed E-state index contributed by atoms with van der Waals surface area (Å²) in [7, 11) is 0. The summed E-state index contributed by atoms with van der Waals surface area (Å²) < 4.78 is 1.93. The molecule has 0 aliphatic carbocycles. The fourth-order valence-corrected chi connectivity index (χ4v) is 1.77. The van der Waals surface area contributed by atoms with Crippen molar-refractivity contribution in [2.24, 2.45) is 0 Å². The summed E-state index contributed by atoms with van der Waals surface area (Å²) in [6, 6.07) is 0. The Morgan fingerprint density at radius 3 is 2.93 bits per heavy atom. The summed E-state index contributed by atoms with van der Waals surface area (Å²) in [4.78, 5) is 10.8. The number of allylic oxidation sites excluding steroid dienone is 1. The Hall–Kier alpha value is -1.10. The van der Waals surface area contributed by atoms with Crippen LogP contribution in [0.15, 0.2) is 17.8 Å². The molecule has 0 amide bonds. The second-order valence-electron chi connectivity index (χ2n) is 2.92. The Bertz CT molecular complexity index is 346. The molecule has 5 heteroatoms. The molecule has 0 saturated heterocycles. The van der Waals surface area contributed by atoms with Crippen molar-refractivity contribution in [1.29, 1.82) is 0 Å². The number of rotatable bonds is 5. The Labute approximate surface area is 87.4 Å². The number of ketones is 1. The molecule has 1 heterocycles. The highest BCUT2D eigenvalue weighted by Gasteiger charge is 2.08. The van der Waals surface area contributed by atoms with E-state index in [9.17, 15) is 4.79 Å². The maximum absolute atomic E-state index is 10.8. The average Bonchev–Trinajstić information content (AvgIpc) is 2.46. The van der Waals surface area contributed by atoms with Crippen LogP contribution in [-0.2, 0) is 11.3 Å². The van der Waals surface area contributed by atoms with E-state index in [0.717, 1.165) is 11.0 Å². The summed E-state index contributed by atoms with van der Waals surface area (Å²) in [6.45, 7) is 7.79. The predicted octanol–water partition coefficient (Wildman–Crippen LogP) is 1.45. The average molecular weight is 211 g/mol. The zero-order chi connectivity index (χ0) is 10.6. The van der Waals surface area contributed by atoms with Gasteiger partial charge in [-0.3, -0.25) is 4.79 Å². The number of thioether (sulfide) groups is 1. The zero-order valence-electron chi connectivity index (χ0n) is 8.36. The van der Waals surface area contributed by atoms with Crippen molar-refractivity contribution in [3.63, 3.8) is 0 Å². The van der Waals surface area contributed by atoms with E-state index in [1.54, 1.807) is 13.0 Å². The number of nitrogens with zero attached hydrogens (tertiary/aromatic N) is 3. The molecule has 0 unspecified atom stereocenters. The van der Waals surface area contributed by atoms with Crippen LogP contribution in [0, 0.1) is 6.92 Å². The first-order valence-electron chi connectivity index (χ1n) is 4.28. The first-order chi connectivity index (χ1) is 6.65. The predicted molar refractivity (Wildman–Crippen MR) is 56.4 cm³/mol. The smallest absolute Gasteiger partial charge is 0.191 e. The molecule has 1 aromatic heterocycles. The van der Waals surface area contributed by atoms with Crippen LogP contribution in [0.4, 0.5) is 0 Å². The number of hydrogen-bond acceptors (Lipinski definition) is 4. The van der Waals surface area contributed by atoms with Crippen LogP contribution >= 0.6 is 11.8 Å². The van der Waals surface area contributed by atoms with Gasteiger partial charge in [-0.25, -0.2) is 0 Å². The van der Waals surface area contributed by atoms with E-state index in [1.807, 2.05) is 11.5 Å². The van der Waals surface area contributed by atoms with Crippen molar-refractivity contribution in [2.45, 2.75) is 25.5 Å². The maximum atomic E-state index is 10.8. The normalized spacial score (nSPS) is 10.1. The Morgan fingerprint density at radius 2 is 2.36 bits per heavy atom. The Balaban J connectivity index is 2.75. The largest absolute Gasteiger partial charge is 0.302 e. The Morgan fingerprint density at radius 1 is 1.64 bits per heavy atom. The van der Waals surface area contributed by atoms with Crippen molar-refractivity contribution in [3.8, 4) is 0 Å². The standard InChI is InChI=1S/C9H13N3OS/c1-4-5-12-8(3)10-11-9(12)14-6-7(2)13/h4H,1,5-6H2,2-3H3. The number of hydrogen-bond donors (Lipinski definition) is 0. The van der Waals surface area contributed by atoms with E-state index in [2.05, 4.69) is 16.8 Å². The van der Waals surface area contributed by atoms with Crippen molar-refractivity contribution >= 4 is 17.5 Å². The molecule has 0 aliphatic rings. The molecule has 0 bridgehead atoms. The van der Waals surface area contributed by atoms with Gasteiger partial charge >= 0.3 is 0 Å². The molecule has 0 atom stereocenters. The zero-order valence-corrected chi connectivity index (χ0v) is 9.17. The van der Waals surface area contributed by atoms with Gasteiger partial charge in [-0.2, -0.15) is 0 Å². The van der Waals surface area contributed by atoms with Gasteiger partial charge in [0.1, 0.15) is 11.6 Å². The quantitative estimate of drug-likeness (QED) is 0.546. The molecule has 1 rings (SSSR count). The molecule has 0 aromatic carbocycles. The van der Waals surface area contributed by atoms with Crippen molar-refractivity contribution in [3.05, 3.63) is 18.5 Å². The molecule has 0 spiro atoms. The molecule has 0 N–H and O–H groups in total. The third kappa shape index (κ3) is 2.70. The fraction of sp³-hybridized carbons (Fsp3) is 0.444. The molecule has 0 aliphatic heterocycles. The molecule has 0 radical (unpaired) electrons. The van der Waals surface area contributed by atoms with E-state index in [-0.39, 0.29) is 5.78 Å². The van der Waals surface area contributed by atoms with E-state index < -0.39 is 0 Å². The molecule has 0 saturated carbocycles. The van der Waals surface area contributed by atoms with Crippen molar-refractivity contribution in [2.75, 3.05) is 5.75 Å². The van der Waals surface area contributed by atoms with E-state index in [0.29, 0.717) is 12.3 Å². The van der Waals surface area contributed by atoms with Gasteiger partial charge in [-0.05, 0) is 13.8 Å². The number of carbonyl (C=O) groups is 1. The summed E-state index contributed by atoms with van der Waals surface area (Å²) in [6.07, 6.45) is 1.79. The lowest BCUT2D eigenvalue weighted by Gasteiger charge is -2.03. The van der Waals surface area contributed by atoms with Crippen LogP contribution in [0.3, 0.4) is 0 Å². The first-order valence-corrected chi connectivity index (χ1v) is 5.26. The lowest BCUT2D eigenvalue weighted by Crippen LogP contribution is -2.02. The number of Topliss-reactive ketones (excluding diaryl/α,β-unsaturated/α-hetero) is 1. The van der Waals surface area contributed by atoms with Gasteiger partial charge in [0.2, 0.25) is 0 Å². The third-order valence-electron chi connectivity index (χ3n) is 1.62. The lowest BCUT2D eigenvalue weighted by molar-refractivity contribution is -0.114. The number of aryl methyl sites for hydroxylation is 1. The van der Waals surface area contributed by atoms with Gasteiger partial charge in [-0.1, -0.05) is 17.8 Å². The minimum atomic E-state index is 0.140. The fourth-order valence-electron chi connectivity index (χ4n) is 0.974. The van der Waals surface area contributed by atoms with Gasteiger partial charge in [0, 0.05) is 6.54 Å². The molecule has 0 fully saturated rings. The third-order valence-corrected chi connectivity index (χ3v) is 2.73. The highest BCUT2D eigenvalue weighted by atomic mass is 32.2. The molecule has 1 aromatic rings. The van der Waals surface area contributed by atoms with Crippen LogP contribution in [0.1, 0.15) is 12.7 Å². The van der Waals surface area contributed by atoms with Crippen LogP contribution in [-0.4, -0.2) is 26.3 Å². The minimum Gasteiger partial charge on any atom is -0.302 e. The highest BCUT2D eigenvalue weighted by Crippen LogP contribution is 2.16. The number of aromatic nitrogens is 3. The molecule has 76 valence electrons.